The number of aryl methyl sites for hydroxylation is 2. The molecule has 0 fully saturated rings. The topological polar surface area (TPSA) is 69.6 Å². The van der Waals surface area contributed by atoms with E-state index in [1.165, 1.54) is 11.5 Å². The van der Waals surface area contributed by atoms with Gasteiger partial charge >= 0.3 is 0 Å². The summed E-state index contributed by atoms with van der Waals surface area (Å²) in [5, 5.41) is 4.58. The number of halogens is 1. The normalized spacial score (nSPS) is 9.86. The van der Waals surface area contributed by atoms with E-state index in [2.05, 4.69) is 14.5 Å². The number of rotatable bonds is 1. The number of nitrogens with zero attached hydrogens (tertiary/aromatic N) is 4. The lowest BCUT2D eigenvalue weighted by Crippen LogP contribution is -1.95. The molecule has 0 radical (unpaired) electrons. The molecule has 0 aliphatic carbocycles. The quantitative estimate of drug-likeness (QED) is 0.802. The molecule has 2 aromatic rings. The maximum absolute atomic E-state index is 5.50. The number of aromatic nitrogens is 4. The minimum Gasteiger partial charge on any atom is -0.374 e. The van der Waals surface area contributed by atoms with Crippen molar-refractivity contribution in [2.24, 2.45) is 7.05 Å². The largest absolute Gasteiger partial charge is 0.374 e. The van der Waals surface area contributed by atoms with Crippen LogP contribution in [0.1, 0.15) is 5.56 Å². The van der Waals surface area contributed by atoms with Gasteiger partial charge in [0, 0.05) is 18.6 Å². The van der Waals surface area contributed by atoms with E-state index in [9.17, 15) is 0 Å². The Hall–Kier alpha value is -1.14. The standard InChI is InChI=1S/C7H9N5S.ClH/c1-4-3-9-12(2)5(4)6-10-7(8)13-11-6;/h3H,1-2H3,(H2,8,10,11);1H. The first kappa shape index (κ1) is 10.9. The molecule has 0 saturated heterocycles. The zero-order valence-electron chi connectivity index (χ0n) is 7.76. The molecule has 2 heterocycles. The molecule has 5 nitrogen and oxygen atoms in total. The van der Waals surface area contributed by atoms with Crippen molar-refractivity contribution in [3.63, 3.8) is 0 Å². The van der Waals surface area contributed by atoms with Crippen LogP contribution in [0.5, 0.6) is 0 Å². The lowest BCUT2D eigenvalue weighted by Gasteiger charge is -1.96. The van der Waals surface area contributed by atoms with E-state index in [1.807, 2.05) is 14.0 Å². The van der Waals surface area contributed by atoms with Crippen molar-refractivity contribution < 1.29 is 0 Å². The fourth-order valence-corrected chi connectivity index (χ4v) is 1.63. The van der Waals surface area contributed by atoms with Gasteiger partial charge in [-0.25, -0.2) is 0 Å². The van der Waals surface area contributed by atoms with Gasteiger partial charge in [0.05, 0.1) is 6.20 Å². The first-order valence-electron chi connectivity index (χ1n) is 3.76. The molecule has 0 aliphatic heterocycles. The van der Waals surface area contributed by atoms with E-state index < -0.39 is 0 Å². The summed E-state index contributed by atoms with van der Waals surface area (Å²) < 4.78 is 5.87. The molecule has 0 unspecified atom stereocenters. The Morgan fingerprint density at radius 2 is 2.21 bits per heavy atom. The average molecular weight is 232 g/mol. The highest BCUT2D eigenvalue weighted by Gasteiger charge is 2.11. The Kier molecular flexibility index (Phi) is 3.07. The molecular formula is C7H10ClN5S. The predicted molar refractivity (Wildman–Crippen MR) is 58.5 cm³/mol. The van der Waals surface area contributed by atoms with Crippen molar-refractivity contribution in [3.8, 4) is 11.5 Å². The second kappa shape index (κ2) is 3.93. The van der Waals surface area contributed by atoms with Crippen LogP contribution in [0.4, 0.5) is 5.13 Å². The average Bonchev–Trinajstić information content (AvgIpc) is 2.60. The summed E-state index contributed by atoms with van der Waals surface area (Å²) >= 11 is 1.20. The van der Waals surface area contributed by atoms with Crippen LogP contribution in [0.2, 0.25) is 0 Å². The molecule has 7 heteroatoms. The van der Waals surface area contributed by atoms with Gasteiger partial charge in [0.1, 0.15) is 5.69 Å². The third kappa shape index (κ3) is 1.71. The molecule has 76 valence electrons. The van der Waals surface area contributed by atoms with Gasteiger partial charge in [-0.3, -0.25) is 4.68 Å². The third-order valence-corrected chi connectivity index (χ3v) is 2.32. The van der Waals surface area contributed by atoms with E-state index >= 15 is 0 Å². The number of nitrogens with two attached hydrogens (primary N) is 1. The van der Waals surface area contributed by atoms with Crippen LogP contribution >= 0.6 is 23.9 Å². The Morgan fingerprint density at radius 3 is 2.64 bits per heavy atom. The van der Waals surface area contributed by atoms with Crippen molar-refractivity contribution in [2.45, 2.75) is 6.92 Å². The van der Waals surface area contributed by atoms with Gasteiger partial charge in [0.15, 0.2) is 11.0 Å². The molecule has 14 heavy (non-hydrogen) atoms. The number of nitrogen functional groups attached to an aromatic ring is 1. The monoisotopic (exact) mass is 231 g/mol. The lowest BCUT2D eigenvalue weighted by atomic mass is 10.3. The SMILES string of the molecule is Cc1cnn(C)c1-c1nsc(N)n1.Cl. The number of hydrogen-bond acceptors (Lipinski definition) is 5. The van der Waals surface area contributed by atoms with E-state index in [-0.39, 0.29) is 12.4 Å². The highest BCUT2D eigenvalue weighted by Crippen LogP contribution is 2.21. The molecule has 0 bridgehead atoms. The van der Waals surface area contributed by atoms with Gasteiger partial charge in [0.2, 0.25) is 0 Å². The summed E-state index contributed by atoms with van der Waals surface area (Å²) in [7, 11) is 1.86. The fraction of sp³-hybridized carbons (Fsp3) is 0.286. The smallest absolute Gasteiger partial charge is 0.200 e. The summed E-state index contributed by atoms with van der Waals surface area (Å²) in [5.74, 6) is 0.653. The van der Waals surface area contributed by atoms with Crippen LogP contribution in [0.25, 0.3) is 11.5 Å². The van der Waals surface area contributed by atoms with Gasteiger partial charge in [-0.1, -0.05) is 0 Å². The zero-order chi connectivity index (χ0) is 9.42. The minimum absolute atomic E-state index is 0. The van der Waals surface area contributed by atoms with Gasteiger partial charge in [0.25, 0.3) is 0 Å². The first-order chi connectivity index (χ1) is 6.18. The highest BCUT2D eigenvalue weighted by atomic mass is 35.5. The van der Waals surface area contributed by atoms with E-state index in [0.29, 0.717) is 11.0 Å². The summed E-state index contributed by atoms with van der Waals surface area (Å²) in [4.78, 5) is 4.10. The Labute approximate surface area is 91.5 Å². The molecule has 0 atom stereocenters. The predicted octanol–water partition coefficient (Wildman–Crippen LogP) is 1.25. The molecule has 2 aromatic heterocycles. The second-order valence-electron chi connectivity index (χ2n) is 2.76. The highest BCUT2D eigenvalue weighted by molar-refractivity contribution is 7.09. The van der Waals surface area contributed by atoms with Crippen LogP contribution in [0.15, 0.2) is 6.20 Å². The van der Waals surface area contributed by atoms with Crippen LogP contribution in [-0.4, -0.2) is 19.1 Å². The molecule has 0 saturated carbocycles. The Balaban J connectivity index is 0.000000980. The Morgan fingerprint density at radius 1 is 1.50 bits per heavy atom. The van der Waals surface area contributed by atoms with Crippen LogP contribution < -0.4 is 5.73 Å². The summed E-state index contributed by atoms with van der Waals surface area (Å²) in [6.45, 7) is 1.97. The van der Waals surface area contributed by atoms with Gasteiger partial charge in [-0.15, -0.1) is 12.4 Å². The third-order valence-electron chi connectivity index (χ3n) is 1.78. The molecular weight excluding hydrogens is 222 g/mol. The molecule has 0 amide bonds. The molecule has 0 aromatic carbocycles. The second-order valence-corrected chi connectivity index (χ2v) is 3.54. The van der Waals surface area contributed by atoms with E-state index in [1.54, 1.807) is 10.9 Å². The lowest BCUT2D eigenvalue weighted by molar-refractivity contribution is 0.771. The number of hydrogen-bond donors (Lipinski definition) is 1. The van der Waals surface area contributed by atoms with Gasteiger partial charge in [-0.05, 0) is 12.5 Å². The maximum Gasteiger partial charge on any atom is 0.200 e. The molecule has 0 aliphatic rings. The van der Waals surface area contributed by atoms with E-state index in [0.717, 1.165) is 11.3 Å². The molecule has 0 spiro atoms. The summed E-state index contributed by atoms with van der Waals surface area (Å²) in [5.41, 5.74) is 7.48. The van der Waals surface area contributed by atoms with Crippen LogP contribution in [0.3, 0.4) is 0 Å². The molecule has 2 N–H and O–H groups in total. The number of anilines is 1. The van der Waals surface area contributed by atoms with Crippen molar-refractivity contribution in [1.82, 2.24) is 19.1 Å². The first-order valence-corrected chi connectivity index (χ1v) is 4.54. The Bertz CT molecular complexity index is 415. The van der Waals surface area contributed by atoms with Gasteiger partial charge in [-0.2, -0.15) is 14.5 Å². The fourth-order valence-electron chi connectivity index (χ4n) is 1.20. The minimum atomic E-state index is 0. The van der Waals surface area contributed by atoms with Crippen molar-refractivity contribution in [2.75, 3.05) is 5.73 Å². The van der Waals surface area contributed by atoms with Crippen molar-refractivity contribution >= 4 is 29.1 Å². The maximum atomic E-state index is 5.50. The molecule has 2 rings (SSSR count). The summed E-state index contributed by atoms with van der Waals surface area (Å²) in [6, 6.07) is 0. The van der Waals surface area contributed by atoms with Crippen molar-refractivity contribution in [1.29, 1.82) is 0 Å². The zero-order valence-corrected chi connectivity index (χ0v) is 9.39. The summed E-state index contributed by atoms with van der Waals surface area (Å²) in [6.07, 6.45) is 1.78. The van der Waals surface area contributed by atoms with Gasteiger partial charge < -0.3 is 5.73 Å². The van der Waals surface area contributed by atoms with Crippen molar-refractivity contribution in [3.05, 3.63) is 11.8 Å². The van der Waals surface area contributed by atoms with Crippen LogP contribution in [0, 0.1) is 6.92 Å². The van der Waals surface area contributed by atoms with E-state index in [4.69, 9.17) is 5.73 Å². The van der Waals surface area contributed by atoms with Crippen LogP contribution in [-0.2, 0) is 7.05 Å².